The van der Waals surface area contributed by atoms with Crippen LogP contribution in [0.25, 0.3) is 0 Å². The van der Waals surface area contributed by atoms with Crippen LogP contribution in [0.5, 0.6) is 0 Å². The van der Waals surface area contributed by atoms with Crippen LogP contribution < -0.4 is 5.32 Å². The van der Waals surface area contributed by atoms with E-state index >= 15 is 0 Å². The molecule has 0 saturated heterocycles. The molecule has 0 radical (unpaired) electrons. The second kappa shape index (κ2) is 4.30. The molecule has 6 nitrogen and oxygen atoms in total. The molecule has 1 unspecified atom stereocenters. The third-order valence-electron chi connectivity index (χ3n) is 1.92. The largest absolute Gasteiger partial charge is 0.384 e. The van der Waals surface area contributed by atoms with Gasteiger partial charge in [0.05, 0.1) is 0 Å². The van der Waals surface area contributed by atoms with Gasteiger partial charge in [-0.1, -0.05) is 0 Å². The summed E-state index contributed by atoms with van der Waals surface area (Å²) in [5.41, 5.74) is 0. The SMILES string of the molecule is CNCC(O)c1nnc(C(C)=O)n1C. The number of carbonyl (C=O) groups excluding carboxylic acids is 1. The lowest BCUT2D eigenvalue weighted by Gasteiger charge is -2.08. The van der Waals surface area contributed by atoms with E-state index in [1.165, 1.54) is 11.5 Å². The Labute approximate surface area is 82.0 Å². The average Bonchev–Trinajstić information content (AvgIpc) is 2.47. The molecule has 1 aromatic heterocycles. The molecule has 0 aromatic carbocycles. The van der Waals surface area contributed by atoms with E-state index < -0.39 is 6.10 Å². The zero-order valence-electron chi connectivity index (χ0n) is 8.48. The van der Waals surface area contributed by atoms with Crippen molar-refractivity contribution in [3.63, 3.8) is 0 Å². The lowest BCUT2D eigenvalue weighted by molar-refractivity contribution is 0.0999. The maximum Gasteiger partial charge on any atom is 0.199 e. The number of Topliss-reactive ketones (excluding diaryl/α,β-unsaturated/α-hetero) is 1. The highest BCUT2D eigenvalue weighted by Gasteiger charge is 2.17. The van der Waals surface area contributed by atoms with E-state index in [0.29, 0.717) is 12.4 Å². The fraction of sp³-hybridized carbons (Fsp3) is 0.625. The van der Waals surface area contributed by atoms with Gasteiger partial charge in [-0.05, 0) is 7.05 Å². The van der Waals surface area contributed by atoms with Gasteiger partial charge in [0.25, 0.3) is 0 Å². The van der Waals surface area contributed by atoms with Gasteiger partial charge in [0.2, 0.25) is 0 Å². The molecule has 0 aliphatic carbocycles. The van der Waals surface area contributed by atoms with Crippen molar-refractivity contribution in [3.8, 4) is 0 Å². The van der Waals surface area contributed by atoms with Gasteiger partial charge < -0.3 is 15.0 Å². The molecule has 0 fully saturated rings. The number of likely N-dealkylation sites (N-methyl/N-ethyl adjacent to an activating group) is 1. The van der Waals surface area contributed by atoms with E-state index in [4.69, 9.17) is 0 Å². The van der Waals surface area contributed by atoms with E-state index in [0.717, 1.165) is 0 Å². The number of rotatable bonds is 4. The molecule has 78 valence electrons. The molecule has 1 rings (SSSR count). The summed E-state index contributed by atoms with van der Waals surface area (Å²) in [6, 6.07) is 0. The van der Waals surface area contributed by atoms with Crippen molar-refractivity contribution in [2.24, 2.45) is 7.05 Å². The maximum absolute atomic E-state index is 11.0. The van der Waals surface area contributed by atoms with Crippen molar-refractivity contribution in [2.45, 2.75) is 13.0 Å². The molecule has 0 aliphatic heterocycles. The first-order valence-electron chi connectivity index (χ1n) is 4.30. The third kappa shape index (κ3) is 1.97. The molecule has 1 aromatic rings. The fourth-order valence-electron chi connectivity index (χ4n) is 1.22. The highest BCUT2D eigenvalue weighted by molar-refractivity contribution is 5.90. The van der Waals surface area contributed by atoms with Gasteiger partial charge in [-0.2, -0.15) is 0 Å². The minimum Gasteiger partial charge on any atom is -0.384 e. The molecule has 1 heterocycles. The molecule has 0 spiro atoms. The summed E-state index contributed by atoms with van der Waals surface area (Å²) in [7, 11) is 3.39. The smallest absolute Gasteiger partial charge is 0.199 e. The molecule has 2 N–H and O–H groups in total. The number of carbonyl (C=O) groups is 1. The number of hydrogen-bond acceptors (Lipinski definition) is 5. The van der Waals surface area contributed by atoms with Crippen LogP contribution in [0.3, 0.4) is 0 Å². The minimum absolute atomic E-state index is 0.164. The van der Waals surface area contributed by atoms with Crippen LogP contribution in [0, 0.1) is 0 Å². The first-order valence-corrected chi connectivity index (χ1v) is 4.30. The van der Waals surface area contributed by atoms with Crippen LogP contribution in [0.4, 0.5) is 0 Å². The van der Waals surface area contributed by atoms with Crippen LogP contribution in [0.2, 0.25) is 0 Å². The van der Waals surface area contributed by atoms with Gasteiger partial charge in [-0.25, -0.2) is 0 Å². The Morgan fingerprint density at radius 1 is 1.64 bits per heavy atom. The Hall–Kier alpha value is -1.27. The molecular formula is C8H14N4O2. The van der Waals surface area contributed by atoms with Crippen LogP contribution in [-0.2, 0) is 7.05 Å². The maximum atomic E-state index is 11.0. The summed E-state index contributed by atoms with van der Waals surface area (Å²) >= 11 is 0. The van der Waals surface area contributed by atoms with Crippen molar-refractivity contribution < 1.29 is 9.90 Å². The van der Waals surface area contributed by atoms with Crippen molar-refractivity contribution in [1.29, 1.82) is 0 Å². The van der Waals surface area contributed by atoms with Crippen molar-refractivity contribution >= 4 is 5.78 Å². The number of aromatic nitrogens is 3. The van der Waals surface area contributed by atoms with Crippen LogP contribution in [0.1, 0.15) is 29.5 Å². The Bertz CT molecular complexity index is 334. The fourth-order valence-corrected chi connectivity index (χ4v) is 1.22. The lowest BCUT2D eigenvalue weighted by Crippen LogP contribution is -2.20. The van der Waals surface area contributed by atoms with E-state index in [-0.39, 0.29) is 11.6 Å². The molecule has 0 bridgehead atoms. The Morgan fingerprint density at radius 3 is 2.71 bits per heavy atom. The predicted octanol–water partition coefficient (Wildman–Crippen LogP) is -0.730. The first kappa shape index (κ1) is 10.8. The topological polar surface area (TPSA) is 80.0 Å². The normalized spacial score (nSPS) is 12.9. The average molecular weight is 198 g/mol. The summed E-state index contributed by atoms with van der Waals surface area (Å²) in [4.78, 5) is 11.0. The number of nitrogens with zero attached hydrogens (tertiary/aromatic N) is 3. The zero-order chi connectivity index (χ0) is 10.7. The van der Waals surface area contributed by atoms with Gasteiger partial charge in [-0.15, -0.1) is 10.2 Å². The molecule has 6 heteroatoms. The zero-order valence-corrected chi connectivity index (χ0v) is 8.48. The minimum atomic E-state index is -0.745. The number of hydrogen-bond donors (Lipinski definition) is 2. The van der Waals surface area contributed by atoms with Gasteiger partial charge in [0.1, 0.15) is 6.10 Å². The number of aliphatic hydroxyl groups is 1. The standard InChI is InChI=1S/C8H14N4O2/c1-5(13)7-10-11-8(12(7)3)6(14)4-9-2/h6,9,14H,4H2,1-3H3. The van der Waals surface area contributed by atoms with Gasteiger partial charge in [0.15, 0.2) is 17.4 Å². The number of ketones is 1. The summed E-state index contributed by atoms with van der Waals surface area (Å²) in [5, 5.41) is 19.9. The van der Waals surface area contributed by atoms with Crippen molar-refractivity contribution in [2.75, 3.05) is 13.6 Å². The molecular weight excluding hydrogens is 184 g/mol. The first-order chi connectivity index (χ1) is 6.57. The van der Waals surface area contributed by atoms with E-state index in [2.05, 4.69) is 15.5 Å². The van der Waals surface area contributed by atoms with Crippen LogP contribution >= 0.6 is 0 Å². The third-order valence-corrected chi connectivity index (χ3v) is 1.92. The number of aliphatic hydroxyl groups excluding tert-OH is 1. The van der Waals surface area contributed by atoms with E-state index in [1.807, 2.05) is 0 Å². The summed E-state index contributed by atoms with van der Waals surface area (Å²) in [6.45, 7) is 1.79. The van der Waals surface area contributed by atoms with Crippen LogP contribution in [-0.4, -0.2) is 39.2 Å². The van der Waals surface area contributed by atoms with Crippen molar-refractivity contribution in [1.82, 2.24) is 20.1 Å². The molecule has 14 heavy (non-hydrogen) atoms. The molecule has 0 aliphatic rings. The summed E-state index contributed by atoms with van der Waals surface area (Å²) in [5.74, 6) is 0.489. The highest BCUT2D eigenvalue weighted by atomic mass is 16.3. The van der Waals surface area contributed by atoms with Crippen molar-refractivity contribution in [3.05, 3.63) is 11.6 Å². The Kier molecular flexibility index (Phi) is 3.32. The quantitative estimate of drug-likeness (QED) is 0.623. The van der Waals surface area contributed by atoms with E-state index in [1.54, 1.807) is 14.1 Å². The second-order valence-corrected chi connectivity index (χ2v) is 3.07. The van der Waals surface area contributed by atoms with Crippen LogP contribution in [0.15, 0.2) is 0 Å². The van der Waals surface area contributed by atoms with Gasteiger partial charge >= 0.3 is 0 Å². The lowest BCUT2D eigenvalue weighted by atomic mass is 10.3. The highest BCUT2D eigenvalue weighted by Crippen LogP contribution is 2.09. The number of nitrogens with one attached hydrogen (secondary N) is 1. The van der Waals surface area contributed by atoms with Gasteiger partial charge in [0, 0.05) is 20.5 Å². The molecule has 1 atom stereocenters. The van der Waals surface area contributed by atoms with Gasteiger partial charge in [-0.3, -0.25) is 4.79 Å². The van der Waals surface area contributed by atoms with E-state index in [9.17, 15) is 9.90 Å². The molecule has 0 amide bonds. The summed E-state index contributed by atoms with van der Waals surface area (Å²) < 4.78 is 1.50. The molecule has 0 saturated carbocycles. The Balaban J connectivity index is 2.94. The second-order valence-electron chi connectivity index (χ2n) is 3.07. The Morgan fingerprint density at radius 2 is 2.29 bits per heavy atom. The monoisotopic (exact) mass is 198 g/mol. The summed E-state index contributed by atoms with van der Waals surface area (Å²) in [6.07, 6.45) is -0.745. The predicted molar refractivity (Wildman–Crippen MR) is 49.9 cm³/mol.